The number of aliphatic imine (C=N–C) groups is 1. The molecule has 0 aliphatic rings. The Hall–Kier alpha value is -2.29. The van der Waals surface area contributed by atoms with Crippen LogP contribution in [-0.2, 0) is 0 Å². The SMILES string of the molecule is C=Nc1ccccc1Nc1ccccc1NC. The summed E-state index contributed by atoms with van der Waals surface area (Å²) in [6.45, 7) is 3.57. The van der Waals surface area contributed by atoms with Gasteiger partial charge < -0.3 is 10.6 Å². The summed E-state index contributed by atoms with van der Waals surface area (Å²) in [5.74, 6) is 0. The molecule has 2 aromatic carbocycles. The predicted octanol–water partition coefficient (Wildman–Crippen LogP) is 3.80. The van der Waals surface area contributed by atoms with Gasteiger partial charge >= 0.3 is 0 Å². The lowest BCUT2D eigenvalue weighted by Crippen LogP contribution is -1.96. The summed E-state index contributed by atoms with van der Waals surface area (Å²) in [6, 6.07) is 15.9. The molecule has 0 bridgehead atoms. The van der Waals surface area contributed by atoms with Crippen LogP contribution < -0.4 is 10.6 Å². The van der Waals surface area contributed by atoms with Crippen LogP contribution in [0.5, 0.6) is 0 Å². The van der Waals surface area contributed by atoms with Crippen LogP contribution in [0, 0.1) is 0 Å². The van der Waals surface area contributed by atoms with E-state index in [1.165, 1.54) is 0 Å². The monoisotopic (exact) mass is 225 g/mol. The molecule has 0 spiro atoms. The Kier molecular flexibility index (Phi) is 3.40. The Morgan fingerprint density at radius 1 is 0.882 bits per heavy atom. The van der Waals surface area contributed by atoms with Gasteiger partial charge in [0.05, 0.1) is 22.7 Å². The largest absolute Gasteiger partial charge is 0.386 e. The lowest BCUT2D eigenvalue weighted by molar-refractivity contribution is 1.46. The minimum absolute atomic E-state index is 0.846. The maximum absolute atomic E-state index is 3.99. The van der Waals surface area contributed by atoms with Crippen LogP contribution in [0.1, 0.15) is 0 Å². The standard InChI is InChI=1S/C14H15N3/c1-15-11-7-3-5-9-13(11)17-14-10-6-4-8-12(14)16-2/h3-10,16-17H,1H2,2H3. The molecular weight excluding hydrogens is 210 g/mol. The van der Waals surface area contributed by atoms with E-state index in [0.29, 0.717) is 0 Å². The van der Waals surface area contributed by atoms with Crippen molar-refractivity contribution in [2.75, 3.05) is 17.7 Å². The summed E-state index contributed by atoms with van der Waals surface area (Å²) in [5, 5.41) is 6.49. The summed E-state index contributed by atoms with van der Waals surface area (Å²) in [5.41, 5.74) is 3.86. The van der Waals surface area contributed by atoms with Crippen LogP contribution in [0.3, 0.4) is 0 Å². The van der Waals surface area contributed by atoms with E-state index in [0.717, 1.165) is 22.7 Å². The average Bonchev–Trinajstić information content (AvgIpc) is 2.40. The Morgan fingerprint density at radius 3 is 2.12 bits per heavy atom. The summed E-state index contributed by atoms with van der Waals surface area (Å²) in [7, 11) is 1.90. The van der Waals surface area contributed by atoms with Crippen molar-refractivity contribution in [2.45, 2.75) is 0 Å². The molecular formula is C14H15N3. The normalized spacial score (nSPS) is 9.71. The number of hydrogen-bond acceptors (Lipinski definition) is 3. The molecule has 0 radical (unpaired) electrons. The van der Waals surface area contributed by atoms with Crippen molar-refractivity contribution in [3.05, 3.63) is 48.5 Å². The molecule has 0 saturated carbocycles. The third-order valence-corrected chi connectivity index (χ3v) is 2.54. The number of benzene rings is 2. The van der Waals surface area contributed by atoms with Gasteiger partial charge in [-0.1, -0.05) is 24.3 Å². The molecule has 0 aliphatic carbocycles. The van der Waals surface area contributed by atoms with Crippen LogP contribution in [-0.4, -0.2) is 13.8 Å². The molecule has 0 atom stereocenters. The topological polar surface area (TPSA) is 36.4 Å². The molecule has 2 rings (SSSR count). The summed E-state index contributed by atoms with van der Waals surface area (Å²) in [6.07, 6.45) is 0. The van der Waals surface area contributed by atoms with Gasteiger partial charge in [0.2, 0.25) is 0 Å². The first-order valence-corrected chi connectivity index (χ1v) is 5.44. The zero-order valence-electron chi connectivity index (χ0n) is 9.77. The smallest absolute Gasteiger partial charge is 0.0857 e. The molecule has 0 aromatic heterocycles. The van der Waals surface area contributed by atoms with Crippen molar-refractivity contribution < 1.29 is 0 Å². The molecule has 0 saturated heterocycles. The summed E-state index contributed by atoms with van der Waals surface area (Å²) in [4.78, 5) is 3.99. The maximum Gasteiger partial charge on any atom is 0.0857 e. The minimum atomic E-state index is 0.846. The Bertz CT molecular complexity index is 520. The first-order valence-electron chi connectivity index (χ1n) is 5.44. The lowest BCUT2D eigenvalue weighted by atomic mass is 10.2. The molecule has 0 aliphatic heterocycles. The van der Waals surface area contributed by atoms with Crippen molar-refractivity contribution in [2.24, 2.45) is 4.99 Å². The molecule has 17 heavy (non-hydrogen) atoms. The quantitative estimate of drug-likeness (QED) is 0.776. The molecule has 0 unspecified atom stereocenters. The highest BCUT2D eigenvalue weighted by Crippen LogP contribution is 2.30. The van der Waals surface area contributed by atoms with E-state index in [1.807, 2.05) is 55.6 Å². The second kappa shape index (κ2) is 5.16. The van der Waals surface area contributed by atoms with E-state index in [2.05, 4.69) is 22.3 Å². The van der Waals surface area contributed by atoms with Gasteiger partial charge in [-0.25, -0.2) is 0 Å². The van der Waals surface area contributed by atoms with Crippen LogP contribution >= 0.6 is 0 Å². The van der Waals surface area contributed by atoms with Crippen LogP contribution in [0.2, 0.25) is 0 Å². The molecule has 86 valence electrons. The molecule has 3 nitrogen and oxygen atoms in total. The van der Waals surface area contributed by atoms with Crippen LogP contribution in [0.25, 0.3) is 0 Å². The first kappa shape index (κ1) is 11.2. The van der Waals surface area contributed by atoms with E-state index >= 15 is 0 Å². The number of nitrogens with one attached hydrogen (secondary N) is 2. The van der Waals surface area contributed by atoms with E-state index < -0.39 is 0 Å². The number of para-hydroxylation sites is 4. The van der Waals surface area contributed by atoms with E-state index in [-0.39, 0.29) is 0 Å². The summed E-state index contributed by atoms with van der Waals surface area (Å²) < 4.78 is 0. The predicted molar refractivity (Wildman–Crippen MR) is 74.9 cm³/mol. The fraction of sp³-hybridized carbons (Fsp3) is 0.0714. The fourth-order valence-corrected chi connectivity index (χ4v) is 1.67. The number of hydrogen-bond donors (Lipinski definition) is 2. The molecule has 3 heteroatoms. The van der Waals surface area contributed by atoms with Gasteiger partial charge in [-0.15, -0.1) is 0 Å². The Morgan fingerprint density at radius 2 is 1.47 bits per heavy atom. The van der Waals surface area contributed by atoms with Gasteiger partial charge in [-0.05, 0) is 31.0 Å². The molecule has 0 fully saturated rings. The molecule has 0 heterocycles. The zero-order valence-corrected chi connectivity index (χ0v) is 9.77. The fourth-order valence-electron chi connectivity index (χ4n) is 1.67. The second-order valence-corrected chi connectivity index (χ2v) is 3.60. The van der Waals surface area contributed by atoms with Gasteiger partial charge in [0.25, 0.3) is 0 Å². The molecule has 2 N–H and O–H groups in total. The van der Waals surface area contributed by atoms with E-state index in [4.69, 9.17) is 0 Å². The lowest BCUT2D eigenvalue weighted by Gasteiger charge is -2.12. The summed E-state index contributed by atoms with van der Waals surface area (Å²) >= 11 is 0. The van der Waals surface area contributed by atoms with Crippen molar-refractivity contribution >= 4 is 29.5 Å². The van der Waals surface area contributed by atoms with Crippen LogP contribution in [0.15, 0.2) is 53.5 Å². The third kappa shape index (κ3) is 2.45. The number of rotatable bonds is 4. The van der Waals surface area contributed by atoms with Gasteiger partial charge in [-0.3, -0.25) is 4.99 Å². The third-order valence-electron chi connectivity index (χ3n) is 2.54. The van der Waals surface area contributed by atoms with Gasteiger partial charge in [0.15, 0.2) is 0 Å². The minimum Gasteiger partial charge on any atom is -0.386 e. The first-order chi connectivity index (χ1) is 8.35. The number of nitrogens with zero attached hydrogens (tertiary/aromatic N) is 1. The molecule has 2 aromatic rings. The van der Waals surface area contributed by atoms with Crippen molar-refractivity contribution in [1.82, 2.24) is 0 Å². The Labute approximate surface area is 101 Å². The Balaban J connectivity index is 2.34. The highest BCUT2D eigenvalue weighted by molar-refractivity contribution is 5.79. The van der Waals surface area contributed by atoms with Crippen molar-refractivity contribution in [1.29, 1.82) is 0 Å². The van der Waals surface area contributed by atoms with Gasteiger partial charge in [-0.2, -0.15) is 0 Å². The van der Waals surface area contributed by atoms with E-state index in [1.54, 1.807) is 0 Å². The highest BCUT2D eigenvalue weighted by atomic mass is 15.0. The van der Waals surface area contributed by atoms with Gasteiger partial charge in [0, 0.05) is 7.05 Å². The number of anilines is 3. The van der Waals surface area contributed by atoms with Crippen LogP contribution in [0.4, 0.5) is 22.7 Å². The maximum atomic E-state index is 3.99. The highest BCUT2D eigenvalue weighted by Gasteiger charge is 2.03. The van der Waals surface area contributed by atoms with Crippen molar-refractivity contribution in [3.63, 3.8) is 0 Å². The van der Waals surface area contributed by atoms with Gasteiger partial charge in [0.1, 0.15) is 0 Å². The van der Waals surface area contributed by atoms with E-state index in [9.17, 15) is 0 Å². The van der Waals surface area contributed by atoms with Crippen molar-refractivity contribution in [3.8, 4) is 0 Å². The second-order valence-electron chi connectivity index (χ2n) is 3.60. The average molecular weight is 225 g/mol. The zero-order chi connectivity index (χ0) is 12.1. The molecule has 0 amide bonds.